The van der Waals surface area contributed by atoms with Crippen molar-refractivity contribution in [1.82, 2.24) is 0 Å². The maximum atomic E-state index is 6.10. The summed E-state index contributed by atoms with van der Waals surface area (Å²) in [6.45, 7) is 0.722. The molecule has 3 rings (SSSR count). The van der Waals surface area contributed by atoms with E-state index in [1.807, 2.05) is 24.3 Å². The predicted molar refractivity (Wildman–Crippen MR) is 110 cm³/mol. The van der Waals surface area contributed by atoms with E-state index in [9.17, 15) is 0 Å². The number of anilines is 3. The molecule has 2 nitrogen and oxygen atoms in total. The number of halogens is 1. The Morgan fingerprint density at radius 2 is 1.24 bits per heavy atom. The van der Waals surface area contributed by atoms with Crippen LogP contribution < -0.4 is 9.64 Å². The second-order valence-corrected chi connectivity index (χ2v) is 6.51. The lowest BCUT2D eigenvalue weighted by molar-refractivity contribution is 0.311. The lowest BCUT2D eigenvalue weighted by Crippen LogP contribution is -2.11. The molecule has 25 heavy (non-hydrogen) atoms. The van der Waals surface area contributed by atoms with E-state index in [4.69, 9.17) is 4.74 Å². The van der Waals surface area contributed by atoms with Crippen LogP contribution in [0, 0.1) is 0 Å². The Morgan fingerprint density at radius 1 is 0.680 bits per heavy atom. The summed E-state index contributed by atoms with van der Waals surface area (Å²) in [4.78, 5) is 2.24. The van der Waals surface area contributed by atoms with Crippen LogP contribution in [0.5, 0.6) is 5.75 Å². The van der Waals surface area contributed by atoms with Crippen molar-refractivity contribution in [2.75, 3.05) is 16.8 Å². The minimum atomic E-state index is 0.722. The zero-order valence-corrected chi connectivity index (χ0v) is 15.7. The van der Waals surface area contributed by atoms with Crippen molar-refractivity contribution in [3.05, 3.63) is 84.9 Å². The van der Waals surface area contributed by atoms with Gasteiger partial charge in [-0.2, -0.15) is 0 Å². The maximum Gasteiger partial charge on any atom is 0.143 e. The molecular weight excluding hydrogens is 374 g/mol. The average molecular weight is 396 g/mol. The first-order chi connectivity index (χ1) is 12.4. The SMILES string of the molecule is BrCCCCOc1ccccc1N(c1ccccc1)c1ccccc1. The van der Waals surface area contributed by atoms with Gasteiger partial charge in [-0.15, -0.1) is 0 Å². The van der Waals surface area contributed by atoms with Gasteiger partial charge in [0, 0.05) is 16.7 Å². The molecule has 128 valence electrons. The Morgan fingerprint density at radius 3 is 1.84 bits per heavy atom. The molecule has 3 heteroatoms. The van der Waals surface area contributed by atoms with E-state index in [-0.39, 0.29) is 0 Å². The van der Waals surface area contributed by atoms with E-state index in [0.717, 1.165) is 47.6 Å². The molecule has 0 saturated carbocycles. The molecule has 3 aromatic carbocycles. The van der Waals surface area contributed by atoms with Gasteiger partial charge in [-0.1, -0.05) is 64.5 Å². The van der Waals surface area contributed by atoms with Crippen molar-refractivity contribution in [2.24, 2.45) is 0 Å². The van der Waals surface area contributed by atoms with Crippen molar-refractivity contribution in [1.29, 1.82) is 0 Å². The molecule has 0 fully saturated rings. The summed E-state index contributed by atoms with van der Waals surface area (Å²) in [5.41, 5.74) is 3.29. The van der Waals surface area contributed by atoms with Crippen LogP contribution in [0.3, 0.4) is 0 Å². The Bertz CT molecular complexity index is 722. The van der Waals surface area contributed by atoms with Gasteiger partial charge in [0.25, 0.3) is 0 Å². The standard InChI is InChI=1S/C22H22BrNO/c23-17-9-10-18-25-22-16-8-7-15-21(22)24(19-11-3-1-4-12-19)20-13-5-2-6-14-20/h1-8,11-16H,9-10,17-18H2. The van der Waals surface area contributed by atoms with Crippen molar-refractivity contribution in [2.45, 2.75) is 12.8 Å². The highest BCUT2D eigenvalue weighted by Crippen LogP contribution is 2.39. The van der Waals surface area contributed by atoms with Crippen LogP contribution in [0.15, 0.2) is 84.9 Å². The Balaban J connectivity index is 1.97. The van der Waals surface area contributed by atoms with Gasteiger partial charge in [0.1, 0.15) is 5.75 Å². The van der Waals surface area contributed by atoms with Gasteiger partial charge in [0.05, 0.1) is 12.3 Å². The number of alkyl halides is 1. The third kappa shape index (κ3) is 4.64. The van der Waals surface area contributed by atoms with Crippen LogP contribution >= 0.6 is 15.9 Å². The van der Waals surface area contributed by atoms with Gasteiger partial charge in [-0.05, 0) is 49.2 Å². The molecule has 3 aromatic rings. The largest absolute Gasteiger partial charge is 0.491 e. The van der Waals surface area contributed by atoms with Crippen LogP contribution in [0.25, 0.3) is 0 Å². The summed E-state index contributed by atoms with van der Waals surface area (Å²) < 4.78 is 6.10. The van der Waals surface area contributed by atoms with E-state index in [1.54, 1.807) is 0 Å². The minimum Gasteiger partial charge on any atom is -0.491 e. The van der Waals surface area contributed by atoms with E-state index >= 15 is 0 Å². The summed E-state index contributed by atoms with van der Waals surface area (Å²) in [6.07, 6.45) is 2.15. The highest BCUT2D eigenvalue weighted by molar-refractivity contribution is 9.09. The molecule has 0 amide bonds. The van der Waals surface area contributed by atoms with Crippen LogP contribution in [-0.4, -0.2) is 11.9 Å². The summed E-state index contributed by atoms with van der Waals surface area (Å²) in [7, 11) is 0. The number of benzene rings is 3. The van der Waals surface area contributed by atoms with Gasteiger partial charge in [0.15, 0.2) is 0 Å². The average Bonchev–Trinajstić information content (AvgIpc) is 2.68. The molecule has 0 aliphatic heterocycles. The number of unbranched alkanes of at least 4 members (excludes halogenated alkanes) is 1. The van der Waals surface area contributed by atoms with Crippen molar-refractivity contribution < 1.29 is 4.74 Å². The van der Waals surface area contributed by atoms with E-state index in [1.165, 1.54) is 0 Å². The number of hydrogen-bond acceptors (Lipinski definition) is 2. The van der Waals surface area contributed by atoms with Crippen LogP contribution in [-0.2, 0) is 0 Å². The minimum absolute atomic E-state index is 0.722. The number of ether oxygens (including phenoxy) is 1. The van der Waals surface area contributed by atoms with Crippen molar-refractivity contribution >= 4 is 33.0 Å². The van der Waals surface area contributed by atoms with Gasteiger partial charge in [0.2, 0.25) is 0 Å². The molecule has 0 bridgehead atoms. The second kappa shape index (κ2) is 9.28. The summed E-state index contributed by atoms with van der Waals surface area (Å²) in [5, 5.41) is 1.01. The lowest BCUT2D eigenvalue weighted by atomic mass is 10.2. The molecule has 0 spiro atoms. The van der Waals surface area contributed by atoms with Gasteiger partial charge in [-0.3, -0.25) is 0 Å². The molecule has 0 saturated heterocycles. The number of rotatable bonds is 8. The Hall–Kier alpha value is -2.26. The fourth-order valence-corrected chi connectivity index (χ4v) is 3.12. The number of para-hydroxylation sites is 4. The first-order valence-corrected chi connectivity index (χ1v) is 9.70. The molecule has 0 N–H and O–H groups in total. The molecule has 0 unspecified atom stereocenters. The molecule has 0 aromatic heterocycles. The predicted octanol–water partition coefficient (Wildman–Crippen LogP) is 6.71. The fourth-order valence-electron chi connectivity index (χ4n) is 2.72. The molecule has 0 heterocycles. The van der Waals surface area contributed by atoms with Gasteiger partial charge in [-0.25, -0.2) is 0 Å². The molecule has 0 atom stereocenters. The smallest absolute Gasteiger partial charge is 0.143 e. The molecule has 0 aliphatic carbocycles. The van der Waals surface area contributed by atoms with E-state index in [0.29, 0.717) is 0 Å². The van der Waals surface area contributed by atoms with Crippen LogP contribution in [0.2, 0.25) is 0 Å². The first-order valence-electron chi connectivity index (χ1n) is 8.58. The molecular formula is C22H22BrNO. The highest BCUT2D eigenvalue weighted by Gasteiger charge is 2.16. The van der Waals surface area contributed by atoms with Crippen molar-refractivity contribution in [3.63, 3.8) is 0 Å². The first kappa shape index (κ1) is 17.6. The normalized spacial score (nSPS) is 10.4. The summed E-state index contributed by atoms with van der Waals surface area (Å²) >= 11 is 3.47. The third-order valence-corrected chi connectivity index (χ3v) is 4.48. The van der Waals surface area contributed by atoms with Gasteiger partial charge < -0.3 is 9.64 Å². The zero-order chi connectivity index (χ0) is 17.3. The monoisotopic (exact) mass is 395 g/mol. The third-order valence-electron chi connectivity index (χ3n) is 3.92. The van der Waals surface area contributed by atoms with Crippen LogP contribution in [0.4, 0.5) is 17.1 Å². The Labute approximate surface area is 158 Å². The van der Waals surface area contributed by atoms with Gasteiger partial charge >= 0.3 is 0 Å². The topological polar surface area (TPSA) is 12.5 Å². The number of hydrogen-bond donors (Lipinski definition) is 0. The second-order valence-electron chi connectivity index (χ2n) is 5.72. The van der Waals surface area contributed by atoms with Crippen LogP contribution in [0.1, 0.15) is 12.8 Å². The summed E-state index contributed by atoms with van der Waals surface area (Å²) in [5.74, 6) is 0.907. The van der Waals surface area contributed by atoms with E-state index in [2.05, 4.69) is 81.5 Å². The molecule has 0 aliphatic rings. The summed E-state index contributed by atoms with van der Waals surface area (Å²) in [6, 6.07) is 29.0. The fraction of sp³-hybridized carbons (Fsp3) is 0.182. The highest BCUT2D eigenvalue weighted by atomic mass is 79.9. The lowest BCUT2D eigenvalue weighted by Gasteiger charge is -2.27. The zero-order valence-electron chi connectivity index (χ0n) is 14.1. The molecule has 0 radical (unpaired) electrons. The number of nitrogens with zero attached hydrogens (tertiary/aromatic N) is 1. The maximum absolute atomic E-state index is 6.10. The quantitative estimate of drug-likeness (QED) is 0.310. The van der Waals surface area contributed by atoms with Crippen molar-refractivity contribution in [3.8, 4) is 5.75 Å². The Kier molecular flexibility index (Phi) is 6.52. The van der Waals surface area contributed by atoms with E-state index < -0.39 is 0 Å².